The minimum Gasteiger partial charge on any atom is -0.398 e. The summed E-state index contributed by atoms with van der Waals surface area (Å²) in [6.45, 7) is 0. The van der Waals surface area contributed by atoms with Crippen LogP contribution in [0.15, 0.2) is 48.7 Å². The average Bonchev–Trinajstić information content (AvgIpc) is 2.76. The van der Waals surface area contributed by atoms with Crippen LogP contribution in [-0.4, -0.2) is 9.97 Å². The van der Waals surface area contributed by atoms with Crippen molar-refractivity contribution < 1.29 is 0 Å². The molecule has 1 aromatic carbocycles. The predicted octanol–water partition coefficient (Wildman–Crippen LogP) is 2.81. The fraction of sp³-hybridized carbons (Fsp3) is 0. The van der Waals surface area contributed by atoms with Crippen LogP contribution in [0.3, 0.4) is 0 Å². The van der Waals surface area contributed by atoms with Crippen molar-refractivity contribution in [3.8, 4) is 11.3 Å². The van der Waals surface area contributed by atoms with Crippen molar-refractivity contribution in [2.75, 3.05) is 5.73 Å². The SMILES string of the molecule is Nc1ccnc2[nH]c(-c3ccccc3)cc12. The van der Waals surface area contributed by atoms with E-state index < -0.39 is 0 Å². The number of aromatic nitrogens is 2. The lowest BCUT2D eigenvalue weighted by Gasteiger charge is -1.94. The van der Waals surface area contributed by atoms with Crippen LogP contribution in [0.25, 0.3) is 22.3 Å². The molecule has 0 saturated heterocycles. The number of nitrogens with zero attached hydrogens (tertiary/aromatic N) is 1. The van der Waals surface area contributed by atoms with Crippen LogP contribution in [0.2, 0.25) is 0 Å². The molecule has 3 heteroatoms. The van der Waals surface area contributed by atoms with Gasteiger partial charge in [-0.3, -0.25) is 0 Å². The molecule has 0 amide bonds. The molecule has 0 saturated carbocycles. The summed E-state index contributed by atoms with van der Waals surface area (Å²) in [5.41, 5.74) is 9.65. The van der Waals surface area contributed by atoms with Gasteiger partial charge in [0.1, 0.15) is 5.65 Å². The quantitative estimate of drug-likeness (QED) is 0.647. The number of nitrogens with two attached hydrogens (primary N) is 1. The number of rotatable bonds is 1. The van der Waals surface area contributed by atoms with Gasteiger partial charge in [-0.25, -0.2) is 4.98 Å². The van der Waals surface area contributed by atoms with Crippen molar-refractivity contribution in [1.82, 2.24) is 9.97 Å². The lowest BCUT2D eigenvalue weighted by atomic mass is 10.1. The number of fused-ring (bicyclic) bond motifs is 1. The van der Waals surface area contributed by atoms with Crippen LogP contribution in [0.5, 0.6) is 0 Å². The molecule has 0 bridgehead atoms. The summed E-state index contributed by atoms with van der Waals surface area (Å²) in [6, 6.07) is 14.0. The van der Waals surface area contributed by atoms with E-state index in [-0.39, 0.29) is 0 Å². The topological polar surface area (TPSA) is 54.7 Å². The molecule has 3 rings (SSSR count). The Labute approximate surface area is 92.9 Å². The zero-order valence-corrected chi connectivity index (χ0v) is 8.64. The van der Waals surface area contributed by atoms with Gasteiger partial charge in [0.15, 0.2) is 0 Å². The van der Waals surface area contributed by atoms with Gasteiger partial charge in [-0.05, 0) is 17.7 Å². The molecule has 0 unspecified atom stereocenters. The first-order chi connectivity index (χ1) is 7.84. The fourth-order valence-corrected chi connectivity index (χ4v) is 1.82. The Bertz CT molecular complexity index is 626. The predicted molar refractivity (Wildman–Crippen MR) is 65.9 cm³/mol. The minimum absolute atomic E-state index is 0.753. The molecule has 3 aromatic rings. The zero-order valence-electron chi connectivity index (χ0n) is 8.64. The highest BCUT2D eigenvalue weighted by molar-refractivity contribution is 5.92. The molecule has 2 aromatic heterocycles. The lowest BCUT2D eigenvalue weighted by molar-refractivity contribution is 1.33. The molecule has 16 heavy (non-hydrogen) atoms. The summed E-state index contributed by atoms with van der Waals surface area (Å²) in [6.07, 6.45) is 1.71. The molecule has 3 nitrogen and oxygen atoms in total. The number of hydrogen-bond donors (Lipinski definition) is 2. The van der Waals surface area contributed by atoms with Crippen LogP contribution < -0.4 is 5.73 Å². The maximum atomic E-state index is 5.89. The average molecular weight is 209 g/mol. The molecule has 0 aliphatic rings. The molecule has 0 aliphatic heterocycles. The Morgan fingerprint density at radius 1 is 1.06 bits per heavy atom. The van der Waals surface area contributed by atoms with E-state index in [2.05, 4.69) is 22.1 Å². The summed E-state index contributed by atoms with van der Waals surface area (Å²) in [5, 5.41) is 0.973. The van der Waals surface area contributed by atoms with Gasteiger partial charge in [0, 0.05) is 23.0 Å². The van der Waals surface area contributed by atoms with Gasteiger partial charge in [-0.2, -0.15) is 0 Å². The van der Waals surface area contributed by atoms with Gasteiger partial charge in [-0.1, -0.05) is 30.3 Å². The Hall–Kier alpha value is -2.29. The lowest BCUT2D eigenvalue weighted by Crippen LogP contribution is -1.85. The largest absolute Gasteiger partial charge is 0.398 e. The highest BCUT2D eigenvalue weighted by atomic mass is 14.9. The van der Waals surface area contributed by atoms with Gasteiger partial charge in [-0.15, -0.1) is 0 Å². The maximum absolute atomic E-state index is 5.89. The number of benzene rings is 1. The first kappa shape index (κ1) is 8.97. The molecule has 0 fully saturated rings. The zero-order chi connectivity index (χ0) is 11.0. The van der Waals surface area contributed by atoms with Crippen molar-refractivity contribution in [2.24, 2.45) is 0 Å². The number of aromatic amines is 1. The van der Waals surface area contributed by atoms with Crippen LogP contribution in [-0.2, 0) is 0 Å². The third kappa shape index (κ3) is 1.34. The molecule has 0 atom stereocenters. The van der Waals surface area contributed by atoms with Crippen molar-refractivity contribution >= 4 is 16.7 Å². The number of nitrogen functional groups attached to an aromatic ring is 1. The highest BCUT2D eigenvalue weighted by Gasteiger charge is 2.05. The highest BCUT2D eigenvalue weighted by Crippen LogP contribution is 2.25. The van der Waals surface area contributed by atoms with E-state index in [1.54, 1.807) is 6.20 Å². The molecule has 2 heterocycles. The molecule has 0 spiro atoms. The van der Waals surface area contributed by atoms with Crippen LogP contribution in [0, 0.1) is 0 Å². The Balaban J connectivity index is 2.23. The molecular formula is C13H11N3. The second-order valence-electron chi connectivity index (χ2n) is 3.71. The van der Waals surface area contributed by atoms with E-state index in [1.165, 1.54) is 0 Å². The summed E-state index contributed by atoms with van der Waals surface area (Å²) >= 11 is 0. The van der Waals surface area contributed by atoms with Gasteiger partial charge in [0.25, 0.3) is 0 Å². The Morgan fingerprint density at radius 3 is 2.62 bits per heavy atom. The second-order valence-corrected chi connectivity index (χ2v) is 3.71. The standard InChI is InChI=1S/C13H11N3/c14-11-6-7-15-13-10(11)8-12(16-13)9-4-2-1-3-5-9/h1-8H,(H3,14,15,16). The normalized spacial score (nSPS) is 10.8. The van der Waals surface area contributed by atoms with Crippen LogP contribution >= 0.6 is 0 Å². The third-order valence-corrected chi connectivity index (χ3v) is 2.65. The van der Waals surface area contributed by atoms with E-state index in [0.29, 0.717) is 0 Å². The van der Waals surface area contributed by atoms with Gasteiger partial charge >= 0.3 is 0 Å². The first-order valence-corrected chi connectivity index (χ1v) is 5.13. The Morgan fingerprint density at radius 2 is 1.88 bits per heavy atom. The van der Waals surface area contributed by atoms with Gasteiger partial charge < -0.3 is 10.7 Å². The Kier molecular flexibility index (Phi) is 1.90. The monoisotopic (exact) mass is 209 g/mol. The molecule has 3 N–H and O–H groups in total. The maximum Gasteiger partial charge on any atom is 0.139 e. The minimum atomic E-state index is 0.753. The van der Waals surface area contributed by atoms with Gasteiger partial charge in [0.05, 0.1) is 0 Å². The summed E-state index contributed by atoms with van der Waals surface area (Å²) in [5.74, 6) is 0. The second kappa shape index (κ2) is 3.38. The smallest absolute Gasteiger partial charge is 0.139 e. The first-order valence-electron chi connectivity index (χ1n) is 5.13. The summed E-state index contributed by atoms with van der Waals surface area (Å²) in [7, 11) is 0. The van der Waals surface area contributed by atoms with Crippen LogP contribution in [0.4, 0.5) is 5.69 Å². The number of nitrogens with one attached hydrogen (secondary N) is 1. The van der Waals surface area contributed by atoms with E-state index in [1.807, 2.05) is 30.3 Å². The van der Waals surface area contributed by atoms with E-state index in [0.717, 1.165) is 28.0 Å². The fourth-order valence-electron chi connectivity index (χ4n) is 1.82. The number of anilines is 1. The number of pyridine rings is 1. The molecule has 78 valence electrons. The van der Waals surface area contributed by atoms with E-state index in [9.17, 15) is 0 Å². The van der Waals surface area contributed by atoms with Crippen LogP contribution in [0.1, 0.15) is 0 Å². The molecule has 0 aliphatic carbocycles. The molecular weight excluding hydrogens is 198 g/mol. The summed E-state index contributed by atoms with van der Waals surface area (Å²) in [4.78, 5) is 7.51. The van der Waals surface area contributed by atoms with Crippen molar-refractivity contribution in [1.29, 1.82) is 0 Å². The summed E-state index contributed by atoms with van der Waals surface area (Å²) < 4.78 is 0. The van der Waals surface area contributed by atoms with Crippen molar-refractivity contribution in [2.45, 2.75) is 0 Å². The number of H-pyrrole nitrogens is 1. The third-order valence-electron chi connectivity index (χ3n) is 2.65. The number of hydrogen-bond acceptors (Lipinski definition) is 2. The van der Waals surface area contributed by atoms with Crippen molar-refractivity contribution in [3.63, 3.8) is 0 Å². The van der Waals surface area contributed by atoms with E-state index >= 15 is 0 Å². The van der Waals surface area contributed by atoms with Gasteiger partial charge in [0.2, 0.25) is 0 Å². The molecule has 0 radical (unpaired) electrons. The van der Waals surface area contributed by atoms with E-state index in [4.69, 9.17) is 5.73 Å². The van der Waals surface area contributed by atoms with Crippen molar-refractivity contribution in [3.05, 3.63) is 48.7 Å².